The minimum absolute atomic E-state index is 0.275. The SMILES string of the molecule is CC1(C)C2CCC1(C)C(Nc1cc(F)cc(Cl)c1)C2. The van der Waals surface area contributed by atoms with E-state index in [0.717, 1.165) is 11.6 Å². The van der Waals surface area contributed by atoms with Crippen LogP contribution in [0.25, 0.3) is 0 Å². The van der Waals surface area contributed by atoms with Gasteiger partial charge in [0.1, 0.15) is 5.82 Å². The molecule has 2 saturated carbocycles. The van der Waals surface area contributed by atoms with Crippen LogP contribution in [0.15, 0.2) is 18.2 Å². The van der Waals surface area contributed by atoms with Gasteiger partial charge in [-0.05, 0) is 54.2 Å². The molecule has 1 N–H and O–H groups in total. The Balaban J connectivity index is 1.86. The van der Waals surface area contributed by atoms with E-state index in [1.165, 1.54) is 31.4 Å². The second kappa shape index (κ2) is 4.12. The van der Waals surface area contributed by atoms with Gasteiger partial charge in [0.15, 0.2) is 0 Å². The molecule has 0 saturated heterocycles. The molecule has 3 atom stereocenters. The Morgan fingerprint density at radius 3 is 2.53 bits per heavy atom. The van der Waals surface area contributed by atoms with E-state index in [4.69, 9.17) is 11.6 Å². The average Bonchev–Trinajstić information content (AvgIpc) is 2.60. The number of hydrogen-bond acceptors (Lipinski definition) is 1. The van der Waals surface area contributed by atoms with Crippen LogP contribution >= 0.6 is 11.6 Å². The van der Waals surface area contributed by atoms with Crippen LogP contribution in [0.4, 0.5) is 10.1 Å². The van der Waals surface area contributed by atoms with Crippen LogP contribution < -0.4 is 5.32 Å². The van der Waals surface area contributed by atoms with Gasteiger partial charge in [-0.2, -0.15) is 0 Å². The molecular formula is C16H21ClFN. The zero-order valence-corrected chi connectivity index (χ0v) is 12.5. The molecule has 2 aliphatic rings. The highest BCUT2D eigenvalue weighted by atomic mass is 35.5. The summed E-state index contributed by atoms with van der Waals surface area (Å²) in [5.74, 6) is 0.501. The minimum atomic E-state index is -0.275. The molecule has 104 valence electrons. The van der Waals surface area contributed by atoms with Crippen molar-refractivity contribution in [2.45, 2.75) is 46.1 Å². The van der Waals surface area contributed by atoms with Crippen molar-refractivity contribution in [3.05, 3.63) is 29.0 Å². The zero-order chi connectivity index (χ0) is 13.8. The predicted octanol–water partition coefficient (Wildman–Crippen LogP) is 5.11. The van der Waals surface area contributed by atoms with Crippen molar-refractivity contribution >= 4 is 17.3 Å². The van der Waals surface area contributed by atoms with E-state index in [0.29, 0.717) is 16.5 Å². The van der Waals surface area contributed by atoms with Gasteiger partial charge in [0.2, 0.25) is 0 Å². The van der Waals surface area contributed by atoms with Crippen molar-refractivity contribution in [3.63, 3.8) is 0 Å². The van der Waals surface area contributed by atoms with Crippen LogP contribution in [0, 0.1) is 22.6 Å². The molecule has 0 aromatic heterocycles. The number of nitrogens with one attached hydrogen (secondary N) is 1. The monoisotopic (exact) mass is 281 g/mol. The average molecular weight is 282 g/mol. The Morgan fingerprint density at radius 1 is 1.26 bits per heavy atom. The number of benzene rings is 1. The van der Waals surface area contributed by atoms with Crippen molar-refractivity contribution in [1.29, 1.82) is 0 Å². The van der Waals surface area contributed by atoms with Gasteiger partial charge < -0.3 is 5.32 Å². The van der Waals surface area contributed by atoms with Crippen molar-refractivity contribution < 1.29 is 4.39 Å². The topological polar surface area (TPSA) is 12.0 Å². The first-order valence-corrected chi connectivity index (χ1v) is 7.43. The van der Waals surface area contributed by atoms with Crippen LogP contribution in [0.2, 0.25) is 5.02 Å². The van der Waals surface area contributed by atoms with E-state index in [1.807, 2.05) is 6.07 Å². The first-order valence-electron chi connectivity index (χ1n) is 7.05. The summed E-state index contributed by atoms with van der Waals surface area (Å²) >= 11 is 5.93. The highest BCUT2D eigenvalue weighted by Crippen LogP contribution is 2.65. The number of hydrogen-bond donors (Lipinski definition) is 1. The summed E-state index contributed by atoms with van der Waals surface area (Å²) in [6.07, 6.45) is 3.76. The zero-order valence-electron chi connectivity index (χ0n) is 11.8. The third kappa shape index (κ3) is 1.87. The van der Waals surface area contributed by atoms with Crippen LogP contribution in [-0.2, 0) is 0 Å². The minimum Gasteiger partial charge on any atom is -0.382 e. The van der Waals surface area contributed by atoms with Gasteiger partial charge in [-0.15, -0.1) is 0 Å². The second-order valence-corrected chi connectivity index (χ2v) is 7.40. The first kappa shape index (κ1) is 13.2. The van der Waals surface area contributed by atoms with Gasteiger partial charge in [0, 0.05) is 16.8 Å². The van der Waals surface area contributed by atoms with Crippen LogP contribution in [0.1, 0.15) is 40.0 Å². The second-order valence-electron chi connectivity index (χ2n) is 6.97. The Morgan fingerprint density at radius 2 is 2.00 bits per heavy atom. The van der Waals surface area contributed by atoms with E-state index < -0.39 is 0 Å². The van der Waals surface area contributed by atoms with Crippen molar-refractivity contribution in [2.75, 3.05) is 5.32 Å². The largest absolute Gasteiger partial charge is 0.382 e. The molecule has 1 aromatic carbocycles. The number of anilines is 1. The molecular weight excluding hydrogens is 261 g/mol. The van der Waals surface area contributed by atoms with Gasteiger partial charge in [0.25, 0.3) is 0 Å². The van der Waals surface area contributed by atoms with Gasteiger partial charge in [-0.25, -0.2) is 4.39 Å². The summed E-state index contributed by atoms with van der Waals surface area (Å²) < 4.78 is 13.4. The molecule has 3 unspecified atom stereocenters. The Labute approximate surface area is 119 Å². The molecule has 2 fully saturated rings. The quantitative estimate of drug-likeness (QED) is 0.795. The maximum absolute atomic E-state index is 13.4. The maximum atomic E-state index is 13.4. The molecule has 19 heavy (non-hydrogen) atoms. The van der Waals surface area contributed by atoms with Gasteiger partial charge >= 0.3 is 0 Å². The van der Waals surface area contributed by atoms with Crippen molar-refractivity contribution in [1.82, 2.24) is 0 Å². The Hall–Kier alpha value is -0.760. The van der Waals surface area contributed by atoms with Crippen LogP contribution in [-0.4, -0.2) is 6.04 Å². The summed E-state index contributed by atoms with van der Waals surface area (Å²) in [6.45, 7) is 7.13. The first-order chi connectivity index (χ1) is 8.83. The molecule has 2 aliphatic carbocycles. The highest BCUT2D eigenvalue weighted by molar-refractivity contribution is 6.30. The van der Waals surface area contributed by atoms with Crippen LogP contribution in [0.5, 0.6) is 0 Å². The molecule has 1 nitrogen and oxygen atoms in total. The standard InChI is InChI=1S/C16H21ClFN/c1-15(2)10-4-5-16(15,3)14(6-10)19-13-8-11(17)7-12(18)9-13/h7-10,14,19H,4-6H2,1-3H3. The highest BCUT2D eigenvalue weighted by Gasteiger charge is 2.61. The van der Waals surface area contributed by atoms with Gasteiger partial charge in [0.05, 0.1) is 0 Å². The van der Waals surface area contributed by atoms with E-state index in [9.17, 15) is 4.39 Å². The third-order valence-corrected chi connectivity index (χ3v) is 6.22. The maximum Gasteiger partial charge on any atom is 0.126 e. The normalized spacial score (nSPS) is 35.6. The number of fused-ring (bicyclic) bond motifs is 2. The lowest BCUT2D eigenvalue weighted by Gasteiger charge is -2.40. The molecule has 1 aromatic rings. The van der Waals surface area contributed by atoms with Crippen molar-refractivity contribution in [2.24, 2.45) is 16.7 Å². The van der Waals surface area contributed by atoms with Crippen LogP contribution in [0.3, 0.4) is 0 Å². The lowest BCUT2D eigenvalue weighted by molar-refractivity contribution is 0.142. The van der Waals surface area contributed by atoms with E-state index in [2.05, 4.69) is 26.1 Å². The fraction of sp³-hybridized carbons (Fsp3) is 0.625. The fourth-order valence-corrected chi connectivity index (χ4v) is 4.48. The molecule has 0 radical (unpaired) electrons. The summed E-state index contributed by atoms with van der Waals surface area (Å²) in [5, 5.41) is 3.98. The summed E-state index contributed by atoms with van der Waals surface area (Å²) in [6, 6.07) is 5.11. The van der Waals surface area contributed by atoms with E-state index in [1.54, 1.807) is 0 Å². The summed E-state index contributed by atoms with van der Waals surface area (Å²) in [5.41, 5.74) is 1.46. The summed E-state index contributed by atoms with van der Waals surface area (Å²) in [4.78, 5) is 0. The molecule has 0 spiro atoms. The summed E-state index contributed by atoms with van der Waals surface area (Å²) in [7, 11) is 0. The van der Waals surface area contributed by atoms with E-state index >= 15 is 0 Å². The van der Waals surface area contributed by atoms with E-state index in [-0.39, 0.29) is 11.2 Å². The molecule has 2 bridgehead atoms. The number of halogens is 2. The van der Waals surface area contributed by atoms with Gasteiger partial charge in [-0.3, -0.25) is 0 Å². The molecule has 0 heterocycles. The fourth-order valence-electron chi connectivity index (χ4n) is 4.26. The molecule has 3 heteroatoms. The van der Waals surface area contributed by atoms with Gasteiger partial charge in [-0.1, -0.05) is 32.4 Å². The predicted molar refractivity (Wildman–Crippen MR) is 78.0 cm³/mol. The smallest absolute Gasteiger partial charge is 0.126 e. The molecule has 0 aliphatic heterocycles. The Kier molecular flexibility index (Phi) is 2.87. The Bertz CT molecular complexity index is 493. The molecule has 3 rings (SSSR count). The number of rotatable bonds is 2. The lowest BCUT2D eigenvalue weighted by Crippen LogP contribution is -2.40. The third-order valence-electron chi connectivity index (χ3n) is 6.00. The lowest BCUT2D eigenvalue weighted by atomic mass is 9.69. The van der Waals surface area contributed by atoms with Crippen molar-refractivity contribution in [3.8, 4) is 0 Å². The molecule has 0 amide bonds.